The van der Waals surface area contributed by atoms with Crippen LogP contribution in [0.25, 0.3) is 16.9 Å². The number of imidazole rings is 1. The molecule has 0 aliphatic carbocycles. The summed E-state index contributed by atoms with van der Waals surface area (Å²) in [7, 11) is 1.58. The Morgan fingerprint density at radius 2 is 2.00 bits per heavy atom. The number of unbranched alkanes of at least 4 members (excludes halogenated alkanes) is 1. The van der Waals surface area contributed by atoms with Crippen LogP contribution in [0, 0.1) is 0 Å². The predicted molar refractivity (Wildman–Crippen MR) is 101 cm³/mol. The first-order valence-electron chi connectivity index (χ1n) is 8.73. The fourth-order valence-electron chi connectivity index (χ4n) is 2.50. The first kappa shape index (κ1) is 17.7. The maximum atomic E-state index is 11.2. The summed E-state index contributed by atoms with van der Waals surface area (Å²) in [6, 6.07) is 11.4. The second-order valence-electron chi connectivity index (χ2n) is 5.90. The van der Waals surface area contributed by atoms with E-state index in [0.717, 1.165) is 42.1 Å². The van der Waals surface area contributed by atoms with Crippen molar-refractivity contribution in [3.8, 4) is 17.0 Å². The molecule has 0 saturated heterocycles. The van der Waals surface area contributed by atoms with Gasteiger partial charge in [-0.05, 0) is 42.8 Å². The summed E-state index contributed by atoms with van der Waals surface area (Å²) in [4.78, 5) is 15.7. The molecule has 3 rings (SSSR count). The number of carbonyl (C=O) groups excluding carboxylic acids is 1. The molecule has 2 heterocycles. The molecule has 0 radical (unpaired) electrons. The molecular formula is C19H23N5O2. The van der Waals surface area contributed by atoms with E-state index in [9.17, 15) is 4.79 Å². The molecule has 26 heavy (non-hydrogen) atoms. The second kappa shape index (κ2) is 8.33. The van der Waals surface area contributed by atoms with E-state index in [1.54, 1.807) is 13.2 Å². The fourth-order valence-corrected chi connectivity index (χ4v) is 2.50. The zero-order valence-corrected chi connectivity index (χ0v) is 15.0. The van der Waals surface area contributed by atoms with E-state index in [2.05, 4.69) is 27.6 Å². The molecule has 7 heteroatoms. The quantitative estimate of drug-likeness (QED) is 0.609. The Bertz CT molecular complexity index is 873. The number of ether oxygens (including phenoxy) is 1. The zero-order valence-electron chi connectivity index (χ0n) is 15.0. The number of rotatable bonds is 8. The standard InChI is InChI=1S/C19H23N5O2/c1-3-4-11-21-17-9-10-18-22-12-16(24(18)23-17)14-5-7-15(8-6-14)26-13-19(25)20-2/h5-10,12H,3-4,11,13H2,1-2H3,(H,20,25)(H,21,23). The van der Waals surface area contributed by atoms with Gasteiger partial charge < -0.3 is 15.4 Å². The lowest BCUT2D eigenvalue weighted by Gasteiger charge is -2.08. The minimum atomic E-state index is -0.164. The number of hydrogen-bond donors (Lipinski definition) is 2. The SMILES string of the molecule is CCCCNc1ccc2ncc(-c3ccc(OCC(=O)NC)cc3)n2n1. The van der Waals surface area contributed by atoms with Gasteiger partial charge in [0.15, 0.2) is 12.3 Å². The van der Waals surface area contributed by atoms with Crippen molar-refractivity contribution in [1.82, 2.24) is 19.9 Å². The number of aromatic nitrogens is 3. The molecule has 136 valence electrons. The van der Waals surface area contributed by atoms with Crippen LogP contribution in [0.3, 0.4) is 0 Å². The lowest BCUT2D eigenvalue weighted by molar-refractivity contribution is -0.122. The van der Waals surface area contributed by atoms with Crippen LogP contribution in [0.1, 0.15) is 19.8 Å². The van der Waals surface area contributed by atoms with E-state index in [-0.39, 0.29) is 12.5 Å². The van der Waals surface area contributed by atoms with Gasteiger partial charge in [0, 0.05) is 19.2 Å². The third-order valence-corrected chi connectivity index (χ3v) is 4.00. The molecule has 2 N–H and O–H groups in total. The highest BCUT2D eigenvalue weighted by molar-refractivity contribution is 5.77. The van der Waals surface area contributed by atoms with E-state index in [0.29, 0.717) is 5.75 Å². The third-order valence-electron chi connectivity index (χ3n) is 4.00. The van der Waals surface area contributed by atoms with Gasteiger partial charge >= 0.3 is 0 Å². The Morgan fingerprint density at radius 3 is 2.73 bits per heavy atom. The first-order valence-corrected chi connectivity index (χ1v) is 8.73. The number of amides is 1. The van der Waals surface area contributed by atoms with Crippen LogP contribution in [0.4, 0.5) is 5.82 Å². The molecule has 0 spiro atoms. The van der Waals surface area contributed by atoms with Gasteiger partial charge in [-0.25, -0.2) is 9.50 Å². The van der Waals surface area contributed by atoms with Crippen LogP contribution >= 0.6 is 0 Å². The Hall–Kier alpha value is -3.09. The minimum absolute atomic E-state index is 0.000194. The molecule has 3 aromatic rings. The second-order valence-corrected chi connectivity index (χ2v) is 5.90. The van der Waals surface area contributed by atoms with Gasteiger partial charge in [0.2, 0.25) is 0 Å². The lowest BCUT2D eigenvalue weighted by Crippen LogP contribution is -2.24. The molecule has 0 aliphatic rings. The highest BCUT2D eigenvalue weighted by atomic mass is 16.5. The van der Waals surface area contributed by atoms with Gasteiger partial charge in [0.1, 0.15) is 11.6 Å². The Balaban J connectivity index is 1.78. The van der Waals surface area contributed by atoms with Gasteiger partial charge in [-0.2, -0.15) is 0 Å². The highest BCUT2D eigenvalue weighted by Gasteiger charge is 2.09. The molecule has 1 aromatic carbocycles. The van der Waals surface area contributed by atoms with E-state index in [1.807, 2.05) is 40.9 Å². The monoisotopic (exact) mass is 353 g/mol. The van der Waals surface area contributed by atoms with Gasteiger partial charge in [0.05, 0.1) is 11.9 Å². The van der Waals surface area contributed by atoms with Crippen molar-refractivity contribution < 1.29 is 9.53 Å². The summed E-state index contributed by atoms with van der Waals surface area (Å²) in [5.74, 6) is 1.31. The molecule has 0 bridgehead atoms. The van der Waals surface area contributed by atoms with Crippen LogP contribution in [0.5, 0.6) is 5.75 Å². The normalized spacial score (nSPS) is 10.7. The molecule has 0 aliphatic heterocycles. The first-order chi connectivity index (χ1) is 12.7. The number of nitrogens with zero attached hydrogens (tertiary/aromatic N) is 3. The molecule has 7 nitrogen and oxygen atoms in total. The number of benzene rings is 1. The zero-order chi connectivity index (χ0) is 18.4. The number of anilines is 1. The number of fused-ring (bicyclic) bond motifs is 1. The highest BCUT2D eigenvalue weighted by Crippen LogP contribution is 2.23. The van der Waals surface area contributed by atoms with Crippen molar-refractivity contribution in [1.29, 1.82) is 0 Å². The van der Waals surface area contributed by atoms with Gasteiger partial charge in [0.25, 0.3) is 5.91 Å². The molecule has 0 atom stereocenters. The van der Waals surface area contributed by atoms with Crippen LogP contribution in [0.15, 0.2) is 42.6 Å². The topological polar surface area (TPSA) is 80.6 Å². The largest absolute Gasteiger partial charge is 0.484 e. The Morgan fingerprint density at radius 1 is 1.19 bits per heavy atom. The van der Waals surface area contributed by atoms with Crippen molar-refractivity contribution in [3.63, 3.8) is 0 Å². The Kier molecular flexibility index (Phi) is 5.68. The van der Waals surface area contributed by atoms with Gasteiger partial charge in [-0.3, -0.25) is 4.79 Å². The van der Waals surface area contributed by atoms with Crippen LogP contribution in [-0.2, 0) is 4.79 Å². The van der Waals surface area contributed by atoms with E-state index in [1.165, 1.54) is 0 Å². The van der Waals surface area contributed by atoms with Crippen LogP contribution in [0.2, 0.25) is 0 Å². The average Bonchev–Trinajstić information content (AvgIpc) is 3.10. The van der Waals surface area contributed by atoms with Crippen molar-refractivity contribution >= 4 is 17.4 Å². The van der Waals surface area contributed by atoms with Crippen LogP contribution < -0.4 is 15.4 Å². The third kappa shape index (κ3) is 4.11. The number of carbonyl (C=O) groups is 1. The summed E-state index contributed by atoms with van der Waals surface area (Å²) in [6.45, 7) is 3.06. The number of likely N-dealkylation sites (N-methyl/N-ethyl adjacent to an activating group) is 1. The minimum Gasteiger partial charge on any atom is -0.484 e. The summed E-state index contributed by atoms with van der Waals surface area (Å²) in [6.07, 6.45) is 4.05. The maximum absolute atomic E-state index is 11.2. The molecule has 2 aromatic heterocycles. The van der Waals surface area contributed by atoms with Gasteiger partial charge in [-0.1, -0.05) is 13.3 Å². The molecule has 0 unspecified atom stereocenters. The Labute approximate surface area is 152 Å². The van der Waals surface area contributed by atoms with Crippen molar-refractivity contribution in [2.45, 2.75) is 19.8 Å². The summed E-state index contributed by atoms with van der Waals surface area (Å²) >= 11 is 0. The van der Waals surface area contributed by atoms with E-state index in [4.69, 9.17) is 4.74 Å². The fraction of sp³-hybridized carbons (Fsp3) is 0.316. The summed E-state index contributed by atoms with van der Waals surface area (Å²) in [5.41, 5.74) is 2.67. The van der Waals surface area contributed by atoms with E-state index < -0.39 is 0 Å². The van der Waals surface area contributed by atoms with Gasteiger partial charge in [-0.15, -0.1) is 5.10 Å². The van der Waals surface area contributed by atoms with Crippen LogP contribution in [-0.4, -0.2) is 40.7 Å². The molecule has 0 fully saturated rings. The van der Waals surface area contributed by atoms with Crippen molar-refractivity contribution in [2.75, 3.05) is 25.5 Å². The molecular weight excluding hydrogens is 330 g/mol. The summed E-state index contributed by atoms with van der Waals surface area (Å²) < 4.78 is 7.26. The average molecular weight is 353 g/mol. The number of nitrogens with one attached hydrogen (secondary N) is 2. The molecule has 1 amide bonds. The predicted octanol–water partition coefficient (Wildman–Crippen LogP) is 2.73. The maximum Gasteiger partial charge on any atom is 0.257 e. The molecule has 0 saturated carbocycles. The lowest BCUT2D eigenvalue weighted by atomic mass is 10.1. The van der Waals surface area contributed by atoms with Crippen molar-refractivity contribution in [3.05, 3.63) is 42.6 Å². The van der Waals surface area contributed by atoms with Crippen molar-refractivity contribution in [2.24, 2.45) is 0 Å². The summed E-state index contributed by atoms with van der Waals surface area (Å²) in [5, 5.41) is 10.5. The smallest absolute Gasteiger partial charge is 0.257 e. The number of hydrogen-bond acceptors (Lipinski definition) is 5. The van der Waals surface area contributed by atoms with E-state index >= 15 is 0 Å².